The number of rotatable bonds is 5. The molecule has 2 N–H and O–H groups in total. The van der Waals surface area contributed by atoms with Crippen molar-refractivity contribution in [3.63, 3.8) is 0 Å². The summed E-state index contributed by atoms with van der Waals surface area (Å²) < 4.78 is 1.58. The molecule has 0 saturated carbocycles. The van der Waals surface area contributed by atoms with Crippen LogP contribution in [-0.4, -0.2) is 42.1 Å². The van der Waals surface area contributed by atoms with Crippen molar-refractivity contribution in [1.82, 2.24) is 30.4 Å². The first kappa shape index (κ1) is 19.2. The van der Waals surface area contributed by atoms with Crippen LogP contribution in [0.15, 0.2) is 35.5 Å². The maximum absolute atomic E-state index is 12.0. The van der Waals surface area contributed by atoms with Crippen LogP contribution in [0.5, 0.6) is 0 Å². The van der Waals surface area contributed by atoms with Crippen molar-refractivity contribution in [2.24, 2.45) is 0 Å². The third-order valence-electron chi connectivity index (χ3n) is 3.57. The Morgan fingerprint density at radius 1 is 1.21 bits per heavy atom. The van der Waals surface area contributed by atoms with Crippen LogP contribution >= 0.6 is 11.8 Å². The van der Waals surface area contributed by atoms with Crippen LogP contribution in [0.4, 0.5) is 5.69 Å². The molecule has 0 saturated heterocycles. The maximum Gasteiger partial charge on any atom is 0.270 e. The second-order valence-electron chi connectivity index (χ2n) is 5.74. The number of amides is 2. The van der Waals surface area contributed by atoms with E-state index in [0.29, 0.717) is 10.9 Å². The van der Waals surface area contributed by atoms with E-state index in [1.165, 1.54) is 18.2 Å². The standard InChI is InChI=1S/C16H15N7O4S/c1-9-6-10(2)22-15(17-9)18-16(21-22)28-8-13(24)19-20-14(25)11-4-3-5-12(7-11)23(26)27/h3-7H,8H2,1-2H3,(H,19,24)(H,20,25). The van der Waals surface area contributed by atoms with Crippen molar-refractivity contribution in [2.45, 2.75) is 19.0 Å². The van der Waals surface area contributed by atoms with Gasteiger partial charge in [0.15, 0.2) is 0 Å². The first-order valence-electron chi connectivity index (χ1n) is 8.01. The summed E-state index contributed by atoms with van der Waals surface area (Å²) in [5.41, 5.74) is 5.99. The molecule has 0 aliphatic heterocycles. The maximum atomic E-state index is 12.0. The average Bonchev–Trinajstić information content (AvgIpc) is 3.07. The number of hydrogen-bond acceptors (Lipinski definition) is 8. The van der Waals surface area contributed by atoms with E-state index in [9.17, 15) is 19.7 Å². The zero-order chi connectivity index (χ0) is 20.3. The second-order valence-corrected chi connectivity index (χ2v) is 6.69. The van der Waals surface area contributed by atoms with Gasteiger partial charge in [-0.25, -0.2) is 9.50 Å². The van der Waals surface area contributed by atoms with Gasteiger partial charge in [0.25, 0.3) is 17.4 Å². The van der Waals surface area contributed by atoms with E-state index in [2.05, 4.69) is 25.9 Å². The molecule has 3 rings (SSSR count). The number of nitro benzene ring substituents is 1. The van der Waals surface area contributed by atoms with Gasteiger partial charge in [0.05, 0.1) is 10.7 Å². The Labute approximate surface area is 162 Å². The van der Waals surface area contributed by atoms with Crippen LogP contribution in [0.25, 0.3) is 5.78 Å². The number of fused-ring (bicyclic) bond motifs is 1. The lowest BCUT2D eigenvalue weighted by molar-refractivity contribution is -0.384. The van der Waals surface area contributed by atoms with Crippen LogP contribution in [-0.2, 0) is 4.79 Å². The van der Waals surface area contributed by atoms with Gasteiger partial charge in [-0.05, 0) is 26.0 Å². The molecule has 2 aromatic heterocycles. The molecule has 12 heteroatoms. The molecule has 2 amide bonds. The third kappa shape index (κ3) is 4.40. The fourth-order valence-corrected chi connectivity index (χ4v) is 2.95. The van der Waals surface area contributed by atoms with Gasteiger partial charge in [-0.15, -0.1) is 5.10 Å². The minimum atomic E-state index is -0.664. The zero-order valence-corrected chi connectivity index (χ0v) is 15.7. The molecule has 0 aliphatic rings. The Kier molecular flexibility index (Phi) is 5.49. The third-order valence-corrected chi connectivity index (χ3v) is 4.40. The number of carbonyl (C=O) groups is 2. The zero-order valence-electron chi connectivity index (χ0n) is 14.9. The highest BCUT2D eigenvalue weighted by molar-refractivity contribution is 7.99. The highest BCUT2D eigenvalue weighted by Gasteiger charge is 2.13. The average molecular weight is 401 g/mol. The molecular weight excluding hydrogens is 386 g/mol. The minimum absolute atomic E-state index is 0.0376. The number of thioether (sulfide) groups is 1. The number of aromatic nitrogens is 4. The van der Waals surface area contributed by atoms with E-state index in [1.54, 1.807) is 4.52 Å². The SMILES string of the molecule is Cc1cc(C)n2nc(SCC(=O)NNC(=O)c3cccc([N+](=O)[O-])c3)nc2n1. The van der Waals surface area contributed by atoms with Gasteiger partial charge in [-0.2, -0.15) is 4.98 Å². The summed E-state index contributed by atoms with van der Waals surface area (Å²) >= 11 is 1.09. The summed E-state index contributed by atoms with van der Waals surface area (Å²) in [5, 5.41) is 15.4. The topological polar surface area (TPSA) is 144 Å². The Balaban J connectivity index is 1.55. The monoisotopic (exact) mass is 401 g/mol. The van der Waals surface area contributed by atoms with E-state index in [0.717, 1.165) is 29.2 Å². The summed E-state index contributed by atoms with van der Waals surface area (Å²) in [6.45, 7) is 3.73. The largest absolute Gasteiger partial charge is 0.272 e. The molecule has 3 aromatic rings. The molecular formula is C16H15N7O4S. The quantitative estimate of drug-likeness (QED) is 0.369. The van der Waals surface area contributed by atoms with E-state index in [4.69, 9.17) is 0 Å². The predicted octanol–water partition coefficient (Wildman–Crippen LogP) is 1.20. The van der Waals surface area contributed by atoms with E-state index in [-0.39, 0.29) is 17.0 Å². The van der Waals surface area contributed by atoms with Crippen LogP contribution in [0, 0.1) is 24.0 Å². The molecule has 144 valence electrons. The highest BCUT2D eigenvalue weighted by atomic mass is 32.2. The van der Waals surface area contributed by atoms with Gasteiger partial charge >= 0.3 is 0 Å². The molecule has 2 heterocycles. The van der Waals surface area contributed by atoms with Gasteiger partial charge in [0, 0.05) is 29.1 Å². The number of aryl methyl sites for hydroxylation is 2. The number of non-ortho nitro benzene ring substituents is 1. The fraction of sp³-hybridized carbons (Fsp3) is 0.188. The van der Waals surface area contributed by atoms with Crippen molar-refractivity contribution >= 4 is 35.0 Å². The lowest BCUT2D eigenvalue weighted by Gasteiger charge is -2.06. The van der Waals surface area contributed by atoms with Crippen LogP contribution in [0.1, 0.15) is 21.7 Å². The highest BCUT2D eigenvalue weighted by Crippen LogP contribution is 2.15. The molecule has 11 nitrogen and oxygen atoms in total. The molecule has 0 fully saturated rings. The number of benzene rings is 1. The van der Waals surface area contributed by atoms with Gasteiger partial charge in [-0.1, -0.05) is 17.8 Å². The Morgan fingerprint density at radius 3 is 2.75 bits per heavy atom. The molecule has 28 heavy (non-hydrogen) atoms. The molecule has 0 unspecified atom stereocenters. The van der Waals surface area contributed by atoms with Crippen molar-refractivity contribution in [3.05, 3.63) is 57.4 Å². The van der Waals surface area contributed by atoms with Crippen molar-refractivity contribution < 1.29 is 14.5 Å². The van der Waals surface area contributed by atoms with Crippen molar-refractivity contribution in [1.29, 1.82) is 0 Å². The predicted molar refractivity (Wildman–Crippen MR) is 99.7 cm³/mol. The van der Waals surface area contributed by atoms with Gasteiger partial charge in [0.2, 0.25) is 11.1 Å². The van der Waals surface area contributed by atoms with Crippen molar-refractivity contribution in [2.75, 3.05) is 5.75 Å². The second kappa shape index (κ2) is 8.00. The molecule has 0 radical (unpaired) electrons. The summed E-state index contributed by atoms with van der Waals surface area (Å²) in [5.74, 6) is -0.740. The molecule has 0 atom stereocenters. The van der Waals surface area contributed by atoms with Gasteiger partial charge < -0.3 is 0 Å². The lowest BCUT2D eigenvalue weighted by atomic mass is 10.2. The van der Waals surface area contributed by atoms with Crippen LogP contribution in [0.2, 0.25) is 0 Å². The summed E-state index contributed by atoms with van der Waals surface area (Å²) in [7, 11) is 0. The van der Waals surface area contributed by atoms with E-state index >= 15 is 0 Å². The Hall–Kier alpha value is -3.54. The number of nitro groups is 1. The molecule has 0 bridgehead atoms. The first-order valence-corrected chi connectivity index (χ1v) is 8.99. The summed E-state index contributed by atoms with van der Waals surface area (Å²) in [6, 6.07) is 7.05. The Morgan fingerprint density at radius 2 is 2.00 bits per heavy atom. The smallest absolute Gasteiger partial charge is 0.270 e. The molecule has 0 spiro atoms. The molecule has 0 aliphatic carbocycles. The number of carbonyl (C=O) groups excluding carboxylic acids is 2. The number of nitrogens with zero attached hydrogens (tertiary/aromatic N) is 5. The number of hydrazine groups is 1. The molecule has 1 aromatic carbocycles. The Bertz CT molecular complexity index is 1080. The fourth-order valence-electron chi connectivity index (χ4n) is 2.33. The van der Waals surface area contributed by atoms with Crippen LogP contribution in [0.3, 0.4) is 0 Å². The van der Waals surface area contributed by atoms with Gasteiger partial charge in [-0.3, -0.25) is 30.6 Å². The van der Waals surface area contributed by atoms with E-state index in [1.807, 2.05) is 19.9 Å². The van der Waals surface area contributed by atoms with Crippen molar-refractivity contribution in [3.8, 4) is 0 Å². The summed E-state index contributed by atoms with van der Waals surface area (Å²) in [4.78, 5) is 42.6. The normalized spacial score (nSPS) is 10.6. The van der Waals surface area contributed by atoms with Crippen LogP contribution < -0.4 is 10.9 Å². The number of hydrogen-bond donors (Lipinski definition) is 2. The summed E-state index contributed by atoms with van der Waals surface area (Å²) in [6.07, 6.45) is 0. The van der Waals surface area contributed by atoms with E-state index < -0.39 is 16.7 Å². The lowest BCUT2D eigenvalue weighted by Crippen LogP contribution is -2.42. The van der Waals surface area contributed by atoms with Gasteiger partial charge in [0.1, 0.15) is 0 Å². The first-order chi connectivity index (χ1) is 13.3. The minimum Gasteiger partial charge on any atom is -0.272 e. The number of nitrogens with one attached hydrogen (secondary N) is 2.